The van der Waals surface area contributed by atoms with Crippen LogP contribution in [0.3, 0.4) is 0 Å². The first-order valence-corrected chi connectivity index (χ1v) is 5.00. The van der Waals surface area contributed by atoms with Crippen LogP contribution in [-0.2, 0) is 0 Å². The van der Waals surface area contributed by atoms with Crippen molar-refractivity contribution in [1.29, 1.82) is 0 Å². The maximum Gasteiger partial charge on any atom is 0.220 e. The molecule has 2 N–H and O–H groups in total. The largest absolute Gasteiger partial charge is 0.368 e. The molecular formula is C12H15N3. The first-order chi connectivity index (χ1) is 7.36. The van der Waals surface area contributed by atoms with E-state index in [9.17, 15) is 0 Å². The molecule has 0 aliphatic carbocycles. The van der Waals surface area contributed by atoms with E-state index >= 15 is 0 Å². The van der Waals surface area contributed by atoms with Gasteiger partial charge < -0.3 is 5.73 Å². The van der Waals surface area contributed by atoms with E-state index in [1.54, 1.807) is 6.20 Å². The number of rotatable bonds is 1. The second-order valence-electron chi connectivity index (χ2n) is 2.67. The normalized spacial score (nSPS) is 8.93. The highest BCUT2D eigenvalue weighted by Crippen LogP contribution is 2.15. The average Bonchev–Trinajstić information content (AvgIpc) is 2.33. The van der Waals surface area contributed by atoms with Crippen LogP contribution in [0.4, 0.5) is 5.95 Å². The fourth-order valence-electron chi connectivity index (χ4n) is 1.14. The molecule has 0 saturated carbocycles. The molecule has 2 rings (SSSR count). The molecule has 3 nitrogen and oxygen atoms in total. The van der Waals surface area contributed by atoms with Crippen molar-refractivity contribution in [2.45, 2.75) is 13.8 Å². The maximum absolute atomic E-state index is 5.47. The van der Waals surface area contributed by atoms with E-state index in [-0.39, 0.29) is 0 Å². The van der Waals surface area contributed by atoms with Crippen LogP contribution in [0.15, 0.2) is 42.6 Å². The van der Waals surface area contributed by atoms with Crippen LogP contribution in [0.5, 0.6) is 0 Å². The Morgan fingerprint density at radius 2 is 1.67 bits per heavy atom. The van der Waals surface area contributed by atoms with Crippen LogP contribution >= 0.6 is 0 Å². The second kappa shape index (κ2) is 5.75. The van der Waals surface area contributed by atoms with Crippen molar-refractivity contribution < 1.29 is 0 Å². The van der Waals surface area contributed by atoms with Crippen LogP contribution in [0, 0.1) is 0 Å². The van der Waals surface area contributed by atoms with E-state index < -0.39 is 0 Å². The Morgan fingerprint density at radius 3 is 2.27 bits per heavy atom. The lowest BCUT2D eigenvalue weighted by Gasteiger charge is -1.99. The van der Waals surface area contributed by atoms with Gasteiger partial charge in [-0.25, -0.2) is 9.97 Å². The van der Waals surface area contributed by atoms with Gasteiger partial charge >= 0.3 is 0 Å². The molecular weight excluding hydrogens is 186 g/mol. The van der Waals surface area contributed by atoms with Crippen molar-refractivity contribution in [2.24, 2.45) is 0 Å². The number of hydrogen-bond acceptors (Lipinski definition) is 3. The van der Waals surface area contributed by atoms with Crippen LogP contribution in [0.25, 0.3) is 11.3 Å². The predicted molar refractivity (Wildman–Crippen MR) is 63.2 cm³/mol. The minimum Gasteiger partial charge on any atom is -0.368 e. The fraction of sp³-hybridized carbons (Fsp3) is 0.167. The summed E-state index contributed by atoms with van der Waals surface area (Å²) in [5.74, 6) is 0.307. The molecule has 15 heavy (non-hydrogen) atoms. The molecule has 0 bridgehead atoms. The van der Waals surface area contributed by atoms with Crippen LogP contribution in [0.2, 0.25) is 0 Å². The van der Waals surface area contributed by atoms with Crippen molar-refractivity contribution in [3.63, 3.8) is 0 Å². The van der Waals surface area contributed by atoms with Gasteiger partial charge in [-0.2, -0.15) is 0 Å². The van der Waals surface area contributed by atoms with Gasteiger partial charge in [0.15, 0.2) is 0 Å². The topological polar surface area (TPSA) is 51.8 Å². The molecule has 0 unspecified atom stereocenters. The molecule has 0 aliphatic heterocycles. The first-order valence-electron chi connectivity index (χ1n) is 5.00. The molecule has 0 atom stereocenters. The fourth-order valence-corrected chi connectivity index (χ4v) is 1.14. The standard InChI is InChI=1S/C10H9N3.C2H6/c11-10-12-7-6-9(13-10)8-4-2-1-3-5-8;1-2/h1-7H,(H2,11,12,13);1-2H3. The van der Waals surface area contributed by atoms with Crippen molar-refractivity contribution in [3.05, 3.63) is 42.6 Å². The van der Waals surface area contributed by atoms with Gasteiger partial charge in [-0.3, -0.25) is 0 Å². The van der Waals surface area contributed by atoms with E-state index in [1.165, 1.54) is 0 Å². The number of benzene rings is 1. The summed E-state index contributed by atoms with van der Waals surface area (Å²) in [4.78, 5) is 7.94. The maximum atomic E-state index is 5.47. The minimum absolute atomic E-state index is 0.307. The highest BCUT2D eigenvalue weighted by Gasteiger charge is 1.97. The third-order valence-corrected chi connectivity index (χ3v) is 1.74. The molecule has 3 heteroatoms. The lowest BCUT2D eigenvalue weighted by molar-refractivity contribution is 1.19. The third-order valence-electron chi connectivity index (χ3n) is 1.74. The summed E-state index contributed by atoms with van der Waals surface area (Å²) in [7, 11) is 0. The number of nitrogens with zero attached hydrogens (tertiary/aromatic N) is 2. The third kappa shape index (κ3) is 3.06. The summed E-state index contributed by atoms with van der Waals surface area (Å²) in [6.07, 6.45) is 1.66. The Kier molecular flexibility index (Phi) is 4.29. The number of nitrogens with two attached hydrogens (primary N) is 1. The van der Waals surface area contributed by atoms with Crippen LogP contribution in [0.1, 0.15) is 13.8 Å². The zero-order valence-corrected chi connectivity index (χ0v) is 9.01. The highest BCUT2D eigenvalue weighted by atomic mass is 15.0. The summed E-state index contributed by atoms with van der Waals surface area (Å²) in [5, 5.41) is 0. The molecule has 0 fully saturated rings. The Bertz CT molecular complexity index is 399. The molecule has 78 valence electrons. The SMILES string of the molecule is CC.Nc1nccc(-c2ccccc2)n1. The Balaban J connectivity index is 0.000000531. The molecule has 2 aromatic rings. The van der Waals surface area contributed by atoms with E-state index in [0.29, 0.717) is 5.95 Å². The minimum atomic E-state index is 0.307. The second-order valence-corrected chi connectivity index (χ2v) is 2.67. The smallest absolute Gasteiger partial charge is 0.220 e. The lowest BCUT2D eigenvalue weighted by Crippen LogP contribution is -1.94. The predicted octanol–water partition coefficient (Wildman–Crippen LogP) is 2.75. The number of aromatic nitrogens is 2. The summed E-state index contributed by atoms with van der Waals surface area (Å²) in [6.45, 7) is 4.00. The van der Waals surface area contributed by atoms with E-state index in [0.717, 1.165) is 11.3 Å². The van der Waals surface area contributed by atoms with Gasteiger partial charge in [0.2, 0.25) is 5.95 Å². The van der Waals surface area contributed by atoms with Crippen molar-refractivity contribution >= 4 is 5.95 Å². The molecule has 1 aromatic heterocycles. The molecule has 0 aliphatic rings. The molecule has 1 aromatic carbocycles. The molecule has 0 spiro atoms. The zero-order valence-electron chi connectivity index (χ0n) is 9.01. The molecule has 0 saturated heterocycles. The summed E-state index contributed by atoms with van der Waals surface area (Å²) < 4.78 is 0. The summed E-state index contributed by atoms with van der Waals surface area (Å²) in [6, 6.07) is 11.7. The lowest BCUT2D eigenvalue weighted by atomic mass is 10.1. The van der Waals surface area contributed by atoms with Gasteiger partial charge in [-0.1, -0.05) is 44.2 Å². The average molecular weight is 201 g/mol. The number of hydrogen-bond donors (Lipinski definition) is 1. The molecule has 0 radical (unpaired) electrons. The Labute approximate surface area is 90.0 Å². The van der Waals surface area contributed by atoms with Gasteiger partial charge in [0, 0.05) is 11.8 Å². The van der Waals surface area contributed by atoms with Gasteiger partial charge in [-0.15, -0.1) is 0 Å². The first kappa shape index (κ1) is 11.2. The summed E-state index contributed by atoms with van der Waals surface area (Å²) >= 11 is 0. The van der Waals surface area contributed by atoms with Crippen molar-refractivity contribution in [3.8, 4) is 11.3 Å². The zero-order chi connectivity index (χ0) is 11.1. The van der Waals surface area contributed by atoms with Gasteiger partial charge in [-0.05, 0) is 6.07 Å². The van der Waals surface area contributed by atoms with E-state index in [1.807, 2.05) is 50.2 Å². The number of nitrogen functional groups attached to an aromatic ring is 1. The summed E-state index contributed by atoms with van der Waals surface area (Å²) in [5.41, 5.74) is 7.38. The van der Waals surface area contributed by atoms with Crippen molar-refractivity contribution in [1.82, 2.24) is 9.97 Å². The van der Waals surface area contributed by atoms with E-state index in [2.05, 4.69) is 9.97 Å². The van der Waals surface area contributed by atoms with Crippen LogP contribution in [-0.4, -0.2) is 9.97 Å². The quantitative estimate of drug-likeness (QED) is 0.771. The Hall–Kier alpha value is -1.90. The molecule has 1 heterocycles. The number of anilines is 1. The van der Waals surface area contributed by atoms with Gasteiger partial charge in [0.1, 0.15) is 0 Å². The van der Waals surface area contributed by atoms with Gasteiger partial charge in [0.05, 0.1) is 5.69 Å². The molecule has 0 amide bonds. The monoisotopic (exact) mass is 201 g/mol. The van der Waals surface area contributed by atoms with E-state index in [4.69, 9.17) is 5.73 Å². The Morgan fingerprint density at radius 1 is 1.00 bits per heavy atom. The van der Waals surface area contributed by atoms with Gasteiger partial charge in [0.25, 0.3) is 0 Å². The van der Waals surface area contributed by atoms with Crippen molar-refractivity contribution in [2.75, 3.05) is 5.73 Å². The van der Waals surface area contributed by atoms with Crippen LogP contribution < -0.4 is 5.73 Å². The highest BCUT2D eigenvalue weighted by molar-refractivity contribution is 5.59.